The van der Waals surface area contributed by atoms with Crippen LogP contribution in [0.25, 0.3) is 0 Å². The Hall–Kier alpha value is -2.57. The molecule has 4 heterocycles. The van der Waals surface area contributed by atoms with Crippen LogP contribution < -0.4 is 5.32 Å². The van der Waals surface area contributed by atoms with E-state index in [-0.39, 0.29) is 33.4 Å². The molecule has 4 fully saturated rings. The molecule has 0 aromatic heterocycles. The Labute approximate surface area is 579 Å². The van der Waals surface area contributed by atoms with Crippen molar-refractivity contribution in [2.45, 2.75) is 366 Å². The normalized spacial score (nSPS) is 32.5. The van der Waals surface area contributed by atoms with Crippen LogP contribution in [0.15, 0.2) is 0 Å². The molecule has 0 aromatic carbocycles. The third kappa shape index (κ3) is 21.7. The zero-order valence-corrected chi connectivity index (χ0v) is 69.2. The number of nitrogens with one attached hydrogen (secondary N) is 1. The first-order valence-electron chi connectivity index (χ1n) is 33.9. The summed E-state index contributed by atoms with van der Waals surface area (Å²) >= 11 is 0. The molecule has 96 heavy (non-hydrogen) atoms. The molecule has 0 spiro atoms. The second kappa shape index (κ2) is 32.4. The number of rotatable bonds is 25. The van der Waals surface area contributed by atoms with Gasteiger partial charge in [0.25, 0.3) is 0 Å². The number of aliphatic hydroxyl groups excluding tert-OH is 1. The van der Waals surface area contributed by atoms with Crippen molar-refractivity contribution in [3.63, 3.8) is 0 Å². The van der Waals surface area contributed by atoms with Gasteiger partial charge in [-0.15, -0.1) is 6.42 Å². The first-order valence-corrected chi connectivity index (χ1v) is 48.4. The number of hydrogen-bond donors (Lipinski definition) is 2. The van der Waals surface area contributed by atoms with Crippen LogP contribution in [0.2, 0.25) is 90.7 Å². The lowest BCUT2D eigenvalue weighted by molar-refractivity contribution is -0.380. The smallest absolute Gasteiger partial charge is 0.303 e. The van der Waals surface area contributed by atoms with Crippen molar-refractivity contribution in [1.29, 1.82) is 0 Å². The highest BCUT2D eigenvalue weighted by atomic mass is 28.4. The van der Waals surface area contributed by atoms with Gasteiger partial charge in [0.1, 0.15) is 74.2 Å². The van der Waals surface area contributed by atoms with Crippen molar-refractivity contribution < 1.29 is 108 Å². The number of terminal acetylenes is 1. The van der Waals surface area contributed by atoms with Gasteiger partial charge in [0.15, 0.2) is 85.1 Å². The van der Waals surface area contributed by atoms with E-state index in [1.807, 2.05) is 26.9 Å². The largest absolute Gasteiger partial charge is 0.463 e. The third-order valence-corrected chi connectivity index (χ3v) is 43.4. The fraction of sp³-hybridized carbons (Fsp3) is 0.896. The molecule has 4 saturated heterocycles. The van der Waals surface area contributed by atoms with Gasteiger partial charge in [0.2, 0.25) is 5.91 Å². The van der Waals surface area contributed by atoms with Crippen LogP contribution in [0.4, 0.5) is 0 Å². The number of carbonyl (C=O) groups is 5. The summed E-state index contributed by atoms with van der Waals surface area (Å²) in [6.45, 7) is 61.1. The minimum Gasteiger partial charge on any atom is -0.463 e. The maximum absolute atomic E-state index is 13.9. The lowest BCUT2D eigenvalue weighted by Crippen LogP contribution is -2.72. The van der Waals surface area contributed by atoms with E-state index in [0.717, 1.165) is 20.8 Å². The van der Waals surface area contributed by atoms with Gasteiger partial charge in [-0.3, -0.25) is 24.0 Å². The van der Waals surface area contributed by atoms with Crippen LogP contribution in [-0.2, 0) is 103 Å². The van der Waals surface area contributed by atoms with Gasteiger partial charge >= 0.3 is 23.9 Å². The molecule has 556 valence electrons. The molecule has 4 aliphatic heterocycles. The molecule has 24 nitrogen and oxygen atoms in total. The van der Waals surface area contributed by atoms with E-state index in [1.54, 1.807) is 0 Å². The van der Waals surface area contributed by atoms with E-state index in [0.29, 0.717) is 0 Å². The lowest BCUT2D eigenvalue weighted by Gasteiger charge is -2.55. The Morgan fingerprint density at radius 2 is 0.792 bits per heavy atom. The monoisotopic (exact) mass is 1450 g/mol. The van der Waals surface area contributed by atoms with E-state index < -0.39 is 206 Å². The zero-order chi connectivity index (χ0) is 74.0. The Balaban J connectivity index is 2.22. The van der Waals surface area contributed by atoms with E-state index >= 15 is 0 Å². The number of esters is 4. The molecule has 0 aromatic rings. The SMILES string of the molecule is C#CCO[C@@H]1O[C@H](CO[Si](C)(C)C(C)(C)C)[C@@H](O[C@@H]2O[C@H](COC(C)=O)[C@H](OC(C)=O)[C@H](OC(C)=O)[C@H]2OC(C)=O)[C@H](O[C@@H]2O[C@@H](C)[C@@H](O[Si](C)(C)C(C)(C)C)[C@@H](O[C@@H]3O[C@@H](C)[C@@H](O[Si](C)(C)C(C)(C)C)[C@@H](O)[C@@H]3O[Si](C)(C)C(C)(C)C)[C@@H]2O[Si](C)(C)C(C)(C)C)[C@H]1NC(C)=O. The molecular weight excluding hydrogens is 1330 g/mol. The number of aliphatic hydroxyl groups is 1. The highest BCUT2D eigenvalue weighted by Crippen LogP contribution is 2.48. The Bertz CT molecular complexity index is 2660. The molecule has 0 saturated carbocycles. The second-order valence-electron chi connectivity index (χ2n) is 34.0. The Kier molecular flexibility index (Phi) is 29.0. The third-order valence-electron chi connectivity index (χ3n) is 21.0. The van der Waals surface area contributed by atoms with Crippen molar-refractivity contribution in [2.75, 3.05) is 19.8 Å². The highest BCUT2D eigenvalue weighted by molar-refractivity contribution is 6.75. The van der Waals surface area contributed by atoms with Gasteiger partial charge in [-0.2, -0.15) is 0 Å². The molecule has 20 atom stereocenters. The molecule has 0 unspecified atom stereocenters. The van der Waals surface area contributed by atoms with Gasteiger partial charge in [0, 0.05) is 34.6 Å². The van der Waals surface area contributed by atoms with Gasteiger partial charge in [-0.25, -0.2) is 0 Å². The molecule has 0 bridgehead atoms. The number of ether oxygens (including phenoxy) is 12. The van der Waals surface area contributed by atoms with Crippen LogP contribution in [0.5, 0.6) is 0 Å². The Morgan fingerprint density at radius 3 is 1.23 bits per heavy atom. The van der Waals surface area contributed by atoms with Crippen LogP contribution in [0.3, 0.4) is 0 Å². The van der Waals surface area contributed by atoms with Crippen molar-refractivity contribution in [3.8, 4) is 12.3 Å². The Morgan fingerprint density at radius 1 is 0.427 bits per heavy atom. The first kappa shape index (κ1) is 85.8. The molecule has 29 heteroatoms. The summed E-state index contributed by atoms with van der Waals surface area (Å²) in [6.07, 6.45) is -18.9. The van der Waals surface area contributed by atoms with E-state index in [2.05, 4.69) is 167 Å². The minimum absolute atomic E-state index is 0.218. The van der Waals surface area contributed by atoms with Crippen LogP contribution in [0, 0.1) is 12.3 Å². The summed E-state index contributed by atoms with van der Waals surface area (Å²) in [5.74, 6) is -1.36. The van der Waals surface area contributed by atoms with Crippen LogP contribution in [-0.4, -0.2) is 219 Å². The number of carbonyl (C=O) groups excluding carboxylic acids is 5. The minimum atomic E-state index is -3.08. The molecular formula is C67H125NO23Si5. The van der Waals surface area contributed by atoms with Crippen molar-refractivity contribution in [1.82, 2.24) is 5.32 Å². The summed E-state index contributed by atoms with van der Waals surface area (Å²) < 4.78 is 117. The van der Waals surface area contributed by atoms with Gasteiger partial charge in [-0.1, -0.05) is 110 Å². The van der Waals surface area contributed by atoms with Crippen LogP contribution in [0.1, 0.15) is 152 Å². The van der Waals surface area contributed by atoms with Crippen molar-refractivity contribution in [3.05, 3.63) is 0 Å². The summed E-state index contributed by atoms with van der Waals surface area (Å²) in [4.78, 5) is 66.1. The summed E-state index contributed by atoms with van der Waals surface area (Å²) in [7, 11) is -14.0. The standard InChI is InChI=1S/C67H125NO23Si5/c1-34-35-75-59-47(68-40(4)69)53(51(46(83-59)37-77-92(24,25)63(9,10)11)85-61-57(82-44(8)73)56(81-43(7)72)52(80-42(6)71)45(84-61)36-76-41(5)70)86-62-58(91-96(32,33)67(21,22)23)55(50(39(3)79-62)89-94(28,29)65(15,16)17)87-60-54(90-95(30,31)66(18,19)20)48(74)49(38(2)78-60)88-93(26,27)64(12,13)14/h1,38-39,45-62,74H,35-37H2,2-33H3,(H,68,69)/t38-,39-,45+,46+,47+,48+,49+,50+,51+,52-,53+,54-,55+,56-,57+,58-,59+,60-,61-,62-/m0/s1. The first-order chi connectivity index (χ1) is 43.3. The molecule has 1 amide bonds. The predicted molar refractivity (Wildman–Crippen MR) is 374 cm³/mol. The zero-order valence-electron chi connectivity index (χ0n) is 64.2. The number of hydrogen-bond acceptors (Lipinski definition) is 23. The average molecular weight is 1450 g/mol. The van der Waals surface area contributed by atoms with E-state index in [1.165, 1.54) is 13.8 Å². The topological polar surface area (TPSA) is 275 Å². The molecule has 0 radical (unpaired) electrons. The van der Waals surface area contributed by atoms with Crippen molar-refractivity contribution >= 4 is 71.4 Å². The molecule has 4 aliphatic rings. The van der Waals surface area contributed by atoms with Gasteiger partial charge in [0.05, 0.1) is 24.9 Å². The second-order valence-corrected chi connectivity index (χ2v) is 57.8. The van der Waals surface area contributed by atoms with Crippen LogP contribution >= 0.6 is 0 Å². The summed E-state index contributed by atoms with van der Waals surface area (Å²) in [5.41, 5.74) is 0. The summed E-state index contributed by atoms with van der Waals surface area (Å²) in [5, 5.41) is 14.4. The highest BCUT2D eigenvalue weighted by Gasteiger charge is 2.62. The van der Waals surface area contributed by atoms with Gasteiger partial charge in [-0.05, 0) is 105 Å². The maximum Gasteiger partial charge on any atom is 0.303 e. The fourth-order valence-electron chi connectivity index (χ4n) is 10.3. The van der Waals surface area contributed by atoms with E-state index in [4.69, 9.17) is 85.4 Å². The molecule has 4 rings (SSSR count). The summed E-state index contributed by atoms with van der Waals surface area (Å²) in [6, 6.07) is -1.36. The fourth-order valence-corrected chi connectivity index (χ4v) is 16.6. The maximum atomic E-state index is 13.9. The predicted octanol–water partition coefficient (Wildman–Crippen LogP) is 10.5. The average Bonchev–Trinajstić information content (AvgIpc) is 0.750. The molecule has 2 N–H and O–H groups in total. The molecule has 0 aliphatic carbocycles. The number of amides is 1. The quantitative estimate of drug-likeness (QED) is 0.0372. The van der Waals surface area contributed by atoms with Crippen molar-refractivity contribution in [2.24, 2.45) is 0 Å². The lowest BCUT2D eigenvalue weighted by atomic mass is 9.94. The van der Waals surface area contributed by atoms with Gasteiger partial charge < -0.3 is 89.4 Å². The van der Waals surface area contributed by atoms with E-state index in [9.17, 15) is 29.1 Å².